The van der Waals surface area contributed by atoms with Crippen LogP contribution in [0.4, 0.5) is 11.4 Å². The topological polar surface area (TPSA) is 12.0 Å². The number of halogens is 1. The predicted molar refractivity (Wildman–Crippen MR) is 68.6 cm³/mol. The number of hydrogen-bond donors (Lipinski definition) is 1. The molecule has 0 atom stereocenters. The van der Waals surface area contributed by atoms with Crippen molar-refractivity contribution in [2.24, 2.45) is 0 Å². The highest BCUT2D eigenvalue weighted by Crippen LogP contribution is 2.28. The highest BCUT2D eigenvalue weighted by molar-refractivity contribution is 9.10. The largest absolute Gasteiger partial charge is 0.354 e. The van der Waals surface area contributed by atoms with Crippen LogP contribution < -0.4 is 5.32 Å². The minimum absolute atomic E-state index is 1.09. The molecular formula is C13H12BrN. The number of nitrogens with one attached hydrogen (secondary N) is 1. The van der Waals surface area contributed by atoms with Gasteiger partial charge in [0.2, 0.25) is 0 Å². The van der Waals surface area contributed by atoms with E-state index in [1.54, 1.807) is 0 Å². The molecule has 0 saturated heterocycles. The maximum absolute atomic E-state index is 3.54. The van der Waals surface area contributed by atoms with Gasteiger partial charge in [-0.15, -0.1) is 0 Å². The van der Waals surface area contributed by atoms with Crippen molar-refractivity contribution in [2.75, 3.05) is 5.32 Å². The van der Waals surface area contributed by atoms with Crippen LogP contribution in [0.3, 0.4) is 0 Å². The van der Waals surface area contributed by atoms with Crippen molar-refractivity contribution in [2.45, 2.75) is 6.92 Å². The molecule has 15 heavy (non-hydrogen) atoms. The van der Waals surface area contributed by atoms with Crippen LogP contribution >= 0.6 is 15.9 Å². The Labute approximate surface area is 98.3 Å². The van der Waals surface area contributed by atoms with E-state index in [9.17, 15) is 0 Å². The van der Waals surface area contributed by atoms with E-state index in [0.29, 0.717) is 0 Å². The summed E-state index contributed by atoms with van der Waals surface area (Å²) in [5, 5.41) is 3.39. The fraction of sp³-hybridized carbons (Fsp3) is 0.0769. The predicted octanol–water partition coefficient (Wildman–Crippen LogP) is 4.50. The molecule has 0 fully saturated rings. The van der Waals surface area contributed by atoms with E-state index >= 15 is 0 Å². The first kappa shape index (κ1) is 10.2. The summed E-state index contributed by atoms with van der Waals surface area (Å²) in [6.07, 6.45) is 0. The number of para-hydroxylation sites is 2. The van der Waals surface area contributed by atoms with Crippen molar-refractivity contribution in [3.8, 4) is 0 Å². The molecule has 0 aliphatic heterocycles. The Morgan fingerprint density at radius 3 is 2.33 bits per heavy atom. The highest BCUT2D eigenvalue weighted by Gasteiger charge is 2.02. The van der Waals surface area contributed by atoms with E-state index in [1.165, 1.54) is 5.56 Å². The van der Waals surface area contributed by atoms with Crippen molar-refractivity contribution in [1.29, 1.82) is 0 Å². The summed E-state index contributed by atoms with van der Waals surface area (Å²) in [5.74, 6) is 0. The van der Waals surface area contributed by atoms with Gasteiger partial charge in [0.1, 0.15) is 0 Å². The van der Waals surface area contributed by atoms with Crippen LogP contribution in [0.2, 0.25) is 0 Å². The second kappa shape index (κ2) is 4.49. The lowest BCUT2D eigenvalue weighted by Crippen LogP contribution is -1.93. The molecule has 0 amide bonds. The summed E-state index contributed by atoms with van der Waals surface area (Å²) in [5.41, 5.74) is 3.46. The smallest absolute Gasteiger partial charge is 0.0558 e. The second-order valence-corrected chi connectivity index (χ2v) is 4.28. The lowest BCUT2D eigenvalue weighted by atomic mass is 10.2. The number of rotatable bonds is 2. The van der Waals surface area contributed by atoms with Crippen LogP contribution in [0.25, 0.3) is 0 Å². The summed E-state index contributed by atoms with van der Waals surface area (Å²) < 4.78 is 1.09. The highest BCUT2D eigenvalue weighted by atomic mass is 79.9. The van der Waals surface area contributed by atoms with Gasteiger partial charge in [0, 0.05) is 10.2 Å². The third-order valence-corrected chi connectivity index (χ3v) is 2.93. The molecule has 2 rings (SSSR count). The van der Waals surface area contributed by atoms with Crippen LogP contribution in [0.1, 0.15) is 5.56 Å². The van der Waals surface area contributed by atoms with Gasteiger partial charge in [0.15, 0.2) is 0 Å². The van der Waals surface area contributed by atoms with Crippen molar-refractivity contribution < 1.29 is 0 Å². The third kappa shape index (κ3) is 2.39. The quantitative estimate of drug-likeness (QED) is 0.840. The Morgan fingerprint density at radius 1 is 0.933 bits per heavy atom. The van der Waals surface area contributed by atoms with E-state index in [4.69, 9.17) is 0 Å². The Morgan fingerprint density at radius 2 is 1.67 bits per heavy atom. The van der Waals surface area contributed by atoms with Gasteiger partial charge in [-0.3, -0.25) is 0 Å². The molecule has 2 aromatic rings. The first-order valence-corrected chi connectivity index (χ1v) is 5.64. The maximum atomic E-state index is 3.54. The van der Waals surface area contributed by atoms with Gasteiger partial charge in [0.05, 0.1) is 5.69 Å². The third-order valence-electron chi connectivity index (χ3n) is 2.27. The molecule has 0 radical (unpaired) electrons. The molecule has 2 aromatic carbocycles. The van der Waals surface area contributed by atoms with Crippen LogP contribution in [0.15, 0.2) is 53.0 Å². The molecule has 2 heteroatoms. The first-order chi connectivity index (χ1) is 7.27. The monoisotopic (exact) mass is 261 g/mol. The summed E-state index contributed by atoms with van der Waals surface area (Å²) >= 11 is 3.54. The van der Waals surface area contributed by atoms with Gasteiger partial charge in [-0.2, -0.15) is 0 Å². The van der Waals surface area contributed by atoms with Crippen LogP contribution in [-0.2, 0) is 0 Å². The zero-order valence-electron chi connectivity index (χ0n) is 8.50. The second-order valence-electron chi connectivity index (χ2n) is 3.42. The van der Waals surface area contributed by atoms with Gasteiger partial charge < -0.3 is 5.32 Å². The molecule has 0 bridgehead atoms. The summed E-state index contributed by atoms with van der Waals surface area (Å²) in [4.78, 5) is 0. The van der Waals surface area contributed by atoms with E-state index in [-0.39, 0.29) is 0 Å². The van der Waals surface area contributed by atoms with Gasteiger partial charge in [-0.25, -0.2) is 0 Å². The Hall–Kier alpha value is -1.28. The Balaban J connectivity index is 2.32. The molecule has 0 aliphatic rings. The van der Waals surface area contributed by atoms with Crippen molar-refractivity contribution in [3.05, 3.63) is 58.6 Å². The maximum Gasteiger partial charge on any atom is 0.0558 e. The molecule has 1 nitrogen and oxygen atoms in total. The molecule has 0 heterocycles. The van der Waals surface area contributed by atoms with Crippen molar-refractivity contribution >= 4 is 27.3 Å². The number of aryl methyl sites for hydroxylation is 1. The number of hydrogen-bond acceptors (Lipinski definition) is 1. The average molecular weight is 262 g/mol. The Kier molecular flexibility index (Phi) is 3.07. The lowest BCUT2D eigenvalue weighted by molar-refractivity contribution is 1.41. The molecular weight excluding hydrogens is 250 g/mol. The van der Waals surface area contributed by atoms with E-state index in [0.717, 1.165) is 15.8 Å². The average Bonchev–Trinajstić information content (AvgIpc) is 2.25. The lowest BCUT2D eigenvalue weighted by Gasteiger charge is -2.11. The van der Waals surface area contributed by atoms with E-state index in [1.807, 2.05) is 30.3 Å². The first-order valence-electron chi connectivity index (χ1n) is 4.84. The molecule has 1 N–H and O–H groups in total. The summed E-state index contributed by atoms with van der Waals surface area (Å²) in [7, 11) is 0. The Bertz CT molecular complexity index is 431. The molecule has 0 saturated carbocycles. The molecule has 76 valence electrons. The molecule has 0 aromatic heterocycles. The van der Waals surface area contributed by atoms with Gasteiger partial charge in [0.25, 0.3) is 0 Å². The normalized spacial score (nSPS) is 10.0. The molecule has 0 spiro atoms. The molecule has 0 aliphatic carbocycles. The fourth-order valence-electron chi connectivity index (χ4n) is 1.46. The standard InChI is InChI=1S/C13H12BrN/c1-10-6-5-9-12(14)13(10)15-11-7-3-2-4-8-11/h2-9,15H,1H3. The van der Waals surface area contributed by atoms with Crippen LogP contribution in [-0.4, -0.2) is 0 Å². The van der Waals surface area contributed by atoms with Crippen LogP contribution in [0.5, 0.6) is 0 Å². The minimum Gasteiger partial charge on any atom is -0.354 e. The number of benzene rings is 2. The summed E-state index contributed by atoms with van der Waals surface area (Å²) in [6, 6.07) is 16.3. The van der Waals surface area contributed by atoms with Crippen LogP contribution in [0, 0.1) is 6.92 Å². The van der Waals surface area contributed by atoms with Crippen molar-refractivity contribution in [3.63, 3.8) is 0 Å². The minimum atomic E-state index is 1.09. The zero-order chi connectivity index (χ0) is 10.7. The SMILES string of the molecule is Cc1cccc(Br)c1Nc1ccccc1. The number of anilines is 2. The fourth-order valence-corrected chi connectivity index (χ4v) is 2.02. The van der Waals surface area contributed by atoms with Gasteiger partial charge in [-0.05, 0) is 46.6 Å². The van der Waals surface area contributed by atoms with E-state index in [2.05, 4.69) is 46.4 Å². The zero-order valence-corrected chi connectivity index (χ0v) is 10.1. The summed E-state index contributed by atoms with van der Waals surface area (Å²) in [6.45, 7) is 2.09. The molecule has 0 unspecified atom stereocenters. The van der Waals surface area contributed by atoms with Crippen molar-refractivity contribution in [1.82, 2.24) is 0 Å². The van der Waals surface area contributed by atoms with Gasteiger partial charge in [-0.1, -0.05) is 30.3 Å². The van der Waals surface area contributed by atoms with E-state index < -0.39 is 0 Å². The van der Waals surface area contributed by atoms with Gasteiger partial charge >= 0.3 is 0 Å².